The molecule has 4 rings (SSSR count). The Hall–Kier alpha value is -2.67. The second kappa shape index (κ2) is 7.52. The molecule has 0 saturated carbocycles. The third-order valence-corrected chi connectivity index (χ3v) is 5.10. The predicted molar refractivity (Wildman–Crippen MR) is 102 cm³/mol. The zero-order valence-corrected chi connectivity index (χ0v) is 15.9. The molecule has 3 aromatic rings. The summed E-state index contributed by atoms with van der Waals surface area (Å²) in [6, 6.07) is 9.24. The second-order valence-electron chi connectivity index (χ2n) is 6.72. The van der Waals surface area contributed by atoms with Gasteiger partial charge in [0.05, 0.1) is 12.2 Å². The maximum Gasteiger partial charge on any atom is 0.272 e. The van der Waals surface area contributed by atoms with Gasteiger partial charge in [-0.25, -0.2) is 0 Å². The molecule has 0 aliphatic carbocycles. The summed E-state index contributed by atoms with van der Waals surface area (Å²) in [6.45, 7) is 1.26. The molecule has 1 N–H and O–H groups in total. The highest BCUT2D eigenvalue weighted by molar-refractivity contribution is 6.30. The van der Waals surface area contributed by atoms with E-state index in [0.29, 0.717) is 17.3 Å². The van der Waals surface area contributed by atoms with Crippen LogP contribution in [0.1, 0.15) is 41.4 Å². The van der Waals surface area contributed by atoms with Crippen molar-refractivity contribution in [2.75, 3.05) is 0 Å². The molecule has 1 aliphatic heterocycles. The van der Waals surface area contributed by atoms with Gasteiger partial charge in [0.25, 0.3) is 5.91 Å². The number of hydrogen-bond acceptors (Lipinski definition) is 4. The van der Waals surface area contributed by atoms with Gasteiger partial charge in [-0.05, 0) is 36.6 Å². The zero-order valence-electron chi connectivity index (χ0n) is 15.2. The van der Waals surface area contributed by atoms with E-state index in [1.54, 1.807) is 10.7 Å². The third kappa shape index (κ3) is 3.73. The molecule has 0 fully saturated rings. The van der Waals surface area contributed by atoms with E-state index in [2.05, 4.69) is 25.2 Å². The number of rotatable bonds is 4. The summed E-state index contributed by atoms with van der Waals surface area (Å²) < 4.78 is 3.83. The molecule has 1 aliphatic rings. The topological polar surface area (TPSA) is 77.6 Å². The van der Waals surface area contributed by atoms with Gasteiger partial charge in [-0.1, -0.05) is 30.2 Å². The fourth-order valence-electron chi connectivity index (χ4n) is 3.39. The molecule has 27 heavy (non-hydrogen) atoms. The molecule has 0 unspecified atom stereocenters. The van der Waals surface area contributed by atoms with Crippen LogP contribution in [0.25, 0.3) is 11.3 Å². The van der Waals surface area contributed by atoms with Crippen molar-refractivity contribution in [3.05, 3.63) is 52.7 Å². The minimum absolute atomic E-state index is 0.225. The van der Waals surface area contributed by atoms with Gasteiger partial charge < -0.3 is 9.88 Å². The molecule has 0 atom stereocenters. The summed E-state index contributed by atoms with van der Waals surface area (Å²) in [5, 5.41) is 16.4. The molecule has 2 aromatic heterocycles. The molecular weight excluding hydrogens is 364 g/mol. The number of carbonyl (C=O) groups is 1. The first-order valence-electron chi connectivity index (χ1n) is 9.11. The summed E-state index contributed by atoms with van der Waals surface area (Å²) in [7, 11) is 1.82. The normalized spacial score (nSPS) is 13.9. The molecular formula is C19H21ClN6O. The Balaban J connectivity index is 1.47. The largest absolute Gasteiger partial charge is 0.343 e. The quantitative estimate of drug-likeness (QED) is 0.750. The maximum absolute atomic E-state index is 12.6. The minimum atomic E-state index is -0.225. The van der Waals surface area contributed by atoms with Gasteiger partial charge in [0.2, 0.25) is 0 Å². The SMILES string of the molecule is Cn1nc(C(=O)NCc2nnc3n2CCCCC3)cc1-c1ccc(Cl)cc1. The van der Waals surface area contributed by atoms with E-state index < -0.39 is 0 Å². The van der Waals surface area contributed by atoms with Crippen LogP contribution < -0.4 is 5.32 Å². The predicted octanol–water partition coefficient (Wildman–Crippen LogP) is 2.99. The van der Waals surface area contributed by atoms with Crippen molar-refractivity contribution >= 4 is 17.5 Å². The number of carbonyl (C=O) groups excluding carboxylic acids is 1. The van der Waals surface area contributed by atoms with E-state index in [0.717, 1.165) is 48.7 Å². The van der Waals surface area contributed by atoms with Crippen LogP contribution in [-0.4, -0.2) is 30.5 Å². The van der Waals surface area contributed by atoms with Crippen LogP contribution in [0.4, 0.5) is 0 Å². The third-order valence-electron chi connectivity index (χ3n) is 4.85. The number of hydrogen-bond donors (Lipinski definition) is 1. The lowest BCUT2D eigenvalue weighted by atomic mass is 10.1. The number of nitrogens with one attached hydrogen (secondary N) is 1. The van der Waals surface area contributed by atoms with Gasteiger partial charge in [0.1, 0.15) is 5.82 Å². The molecule has 0 saturated heterocycles. The summed E-state index contributed by atoms with van der Waals surface area (Å²) in [4.78, 5) is 12.6. The zero-order chi connectivity index (χ0) is 18.8. The smallest absolute Gasteiger partial charge is 0.272 e. The van der Waals surface area contributed by atoms with Gasteiger partial charge in [-0.3, -0.25) is 9.48 Å². The maximum atomic E-state index is 12.6. The van der Waals surface area contributed by atoms with Crippen molar-refractivity contribution in [1.82, 2.24) is 29.9 Å². The molecule has 3 heterocycles. The Bertz CT molecular complexity index is 959. The molecule has 7 nitrogen and oxygen atoms in total. The second-order valence-corrected chi connectivity index (χ2v) is 7.16. The number of fused-ring (bicyclic) bond motifs is 1. The van der Waals surface area contributed by atoms with Crippen LogP contribution >= 0.6 is 11.6 Å². The van der Waals surface area contributed by atoms with Crippen molar-refractivity contribution in [2.24, 2.45) is 7.05 Å². The summed E-state index contributed by atoms with van der Waals surface area (Å²) >= 11 is 5.95. The molecule has 140 valence electrons. The summed E-state index contributed by atoms with van der Waals surface area (Å²) in [5.74, 6) is 1.59. The van der Waals surface area contributed by atoms with Crippen LogP contribution in [0, 0.1) is 0 Å². The monoisotopic (exact) mass is 384 g/mol. The standard InChI is InChI=1S/C19H21ClN6O/c1-25-16(13-6-8-14(20)9-7-13)11-15(24-25)19(27)21-12-18-23-22-17-5-3-2-4-10-26(17)18/h6-9,11H,2-5,10,12H2,1H3,(H,21,27). The van der Waals surface area contributed by atoms with Crippen LogP contribution in [-0.2, 0) is 26.6 Å². The van der Waals surface area contributed by atoms with Crippen LogP contribution in [0.2, 0.25) is 5.02 Å². The summed E-state index contributed by atoms with van der Waals surface area (Å²) in [6.07, 6.45) is 4.42. The van der Waals surface area contributed by atoms with Gasteiger partial charge in [0.15, 0.2) is 11.5 Å². The number of benzene rings is 1. The lowest BCUT2D eigenvalue weighted by Crippen LogP contribution is -2.25. The van der Waals surface area contributed by atoms with Gasteiger partial charge in [-0.2, -0.15) is 5.10 Å². The Morgan fingerprint density at radius 3 is 2.81 bits per heavy atom. The average Bonchev–Trinajstić information content (AvgIpc) is 3.15. The van der Waals surface area contributed by atoms with Crippen LogP contribution in [0.5, 0.6) is 0 Å². The van der Waals surface area contributed by atoms with E-state index in [4.69, 9.17) is 11.6 Å². The van der Waals surface area contributed by atoms with E-state index in [1.165, 1.54) is 6.42 Å². The van der Waals surface area contributed by atoms with Gasteiger partial charge in [-0.15, -0.1) is 10.2 Å². The van der Waals surface area contributed by atoms with E-state index in [9.17, 15) is 4.79 Å². The minimum Gasteiger partial charge on any atom is -0.343 e. The fourth-order valence-corrected chi connectivity index (χ4v) is 3.52. The van der Waals surface area contributed by atoms with Crippen LogP contribution in [0.3, 0.4) is 0 Å². The van der Waals surface area contributed by atoms with E-state index in [1.807, 2.05) is 31.3 Å². The molecule has 0 radical (unpaired) electrons. The highest BCUT2D eigenvalue weighted by Gasteiger charge is 2.17. The number of nitrogens with zero attached hydrogens (tertiary/aromatic N) is 5. The first kappa shape index (κ1) is 17.7. The van der Waals surface area contributed by atoms with Crippen LogP contribution in [0.15, 0.2) is 30.3 Å². The Labute approximate surface area is 162 Å². The first-order valence-corrected chi connectivity index (χ1v) is 9.49. The van der Waals surface area contributed by atoms with E-state index >= 15 is 0 Å². The molecule has 1 amide bonds. The highest BCUT2D eigenvalue weighted by atomic mass is 35.5. The number of halogens is 1. The average molecular weight is 385 g/mol. The Morgan fingerprint density at radius 1 is 1.19 bits per heavy atom. The number of amides is 1. The Morgan fingerprint density at radius 2 is 2.00 bits per heavy atom. The van der Waals surface area contributed by atoms with Crippen molar-refractivity contribution < 1.29 is 4.79 Å². The van der Waals surface area contributed by atoms with Crippen molar-refractivity contribution in [3.63, 3.8) is 0 Å². The number of aromatic nitrogens is 5. The van der Waals surface area contributed by atoms with E-state index in [-0.39, 0.29) is 5.91 Å². The molecule has 0 bridgehead atoms. The molecule has 8 heteroatoms. The van der Waals surface area contributed by atoms with Crippen molar-refractivity contribution in [1.29, 1.82) is 0 Å². The summed E-state index contributed by atoms with van der Waals surface area (Å²) in [5.41, 5.74) is 2.18. The van der Waals surface area contributed by atoms with Gasteiger partial charge in [0, 0.05) is 25.0 Å². The molecule has 0 spiro atoms. The Kier molecular flexibility index (Phi) is 4.94. The lowest BCUT2D eigenvalue weighted by molar-refractivity contribution is 0.0943. The highest BCUT2D eigenvalue weighted by Crippen LogP contribution is 2.22. The molecule has 1 aromatic carbocycles. The fraction of sp³-hybridized carbons (Fsp3) is 0.368. The van der Waals surface area contributed by atoms with Gasteiger partial charge >= 0.3 is 0 Å². The lowest BCUT2D eigenvalue weighted by Gasteiger charge is -2.07. The number of aryl methyl sites for hydroxylation is 2. The first-order chi connectivity index (χ1) is 13.1. The van der Waals surface area contributed by atoms with Crippen molar-refractivity contribution in [3.8, 4) is 11.3 Å². The van der Waals surface area contributed by atoms with Crippen molar-refractivity contribution in [2.45, 2.75) is 38.8 Å².